The molecule has 2 aromatic heterocycles. The van der Waals surface area contributed by atoms with Gasteiger partial charge in [-0.2, -0.15) is 15.3 Å². The van der Waals surface area contributed by atoms with E-state index in [-0.39, 0.29) is 6.54 Å². The molecule has 9 heteroatoms. The van der Waals surface area contributed by atoms with Gasteiger partial charge in [-0.3, -0.25) is 0 Å². The van der Waals surface area contributed by atoms with Gasteiger partial charge in [0.2, 0.25) is 5.88 Å². The van der Waals surface area contributed by atoms with Crippen molar-refractivity contribution in [3.8, 4) is 34.6 Å². The van der Waals surface area contributed by atoms with Crippen molar-refractivity contribution in [3.05, 3.63) is 82.9 Å². The second kappa shape index (κ2) is 9.16. The molecular weight excluding hydrogens is 428 g/mol. The van der Waals surface area contributed by atoms with E-state index in [4.69, 9.17) is 22.1 Å². The molecule has 0 aliphatic heterocycles. The lowest BCUT2D eigenvalue weighted by Gasteiger charge is -2.12. The van der Waals surface area contributed by atoms with E-state index in [9.17, 15) is 10.4 Å². The van der Waals surface area contributed by atoms with Crippen molar-refractivity contribution in [1.29, 1.82) is 5.26 Å². The fraction of sp³-hybridized carbons (Fsp3) is 0.130. The predicted molar refractivity (Wildman–Crippen MR) is 120 cm³/mol. The Labute approximate surface area is 189 Å². The number of hydrogen-bond donors (Lipinski definition) is 2. The molecule has 0 amide bonds. The Morgan fingerprint density at radius 3 is 2.81 bits per heavy atom. The zero-order valence-electron chi connectivity index (χ0n) is 17.1. The zero-order chi connectivity index (χ0) is 22.7. The van der Waals surface area contributed by atoms with E-state index in [1.807, 2.05) is 18.2 Å². The zero-order valence-corrected chi connectivity index (χ0v) is 17.9. The number of benzene rings is 2. The number of rotatable bonds is 6. The molecule has 2 heterocycles. The lowest BCUT2D eigenvalue weighted by atomic mass is 10.1. The van der Waals surface area contributed by atoms with E-state index < -0.39 is 6.10 Å². The van der Waals surface area contributed by atoms with Crippen LogP contribution in [0.5, 0.6) is 11.6 Å². The average Bonchev–Trinajstić information content (AvgIpc) is 3.28. The van der Waals surface area contributed by atoms with E-state index in [0.29, 0.717) is 45.0 Å². The van der Waals surface area contributed by atoms with Crippen LogP contribution in [-0.2, 0) is 0 Å². The first-order chi connectivity index (χ1) is 15.5. The minimum absolute atomic E-state index is 0.0783. The Kier molecular flexibility index (Phi) is 6.14. The van der Waals surface area contributed by atoms with Gasteiger partial charge in [0, 0.05) is 41.0 Å². The number of aromatic nitrogens is 4. The van der Waals surface area contributed by atoms with Gasteiger partial charge in [-0.15, -0.1) is 0 Å². The van der Waals surface area contributed by atoms with Crippen molar-refractivity contribution in [2.75, 3.05) is 6.54 Å². The Bertz CT molecular complexity index is 1310. The predicted octanol–water partition coefficient (Wildman–Crippen LogP) is 3.95. The molecule has 0 aliphatic rings. The molecule has 0 bridgehead atoms. The molecule has 0 fully saturated rings. The molecular formula is C23H19ClN6O2. The second-order valence-electron chi connectivity index (χ2n) is 7.02. The summed E-state index contributed by atoms with van der Waals surface area (Å²) < 4.78 is 7.64. The van der Waals surface area contributed by atoms with Crippen LogP contribution in [0.3, 0.4) is 0 Å². The minimum Gasteiger partial charge on any atom is -0.437 e. The monoisotopic (exact) mass is 446 g/mol. The summed E-state index contributed by atoms with van der Waals surface area (Å²) in [5.41, 5.74) is 8.57. The third-order valence-corrected chi connectivity index (χ3v) is 4.93. The molecule has 1 atom stereocenters. The van der Waals surface area contributed by atoms with Crippen molar-refractivity contribution in [2.45, 2.75) is 13.0 Å². The Morgan fingerprint density at radius 1 is 1.22 bits per heavy atom. The topological polar surface area (TPSA) is 123 Å². The summed E-state index contributed by atoms with van der Waals surface area (Å²) in [5, 5.41) is 24.2. The number of aliphatic hydroxyl groups excluding tert-OH is 1. The maximum absolute atomic E-state index is 9.99. The normalized spacial score (nSPS) is 11.7. The highest BCUT2D eigenvalue weighted by atomic mass is 35.5. The summed E-state index contributed by atoms with van der Waals surface area (Å²) in [6, 6.07) is 16.1. The number of nitrogens with two attached hydrogens (primary N) is 1. The van der Waals surface area contributed by atoms with Gasteiger partial charge in [-0.1, -0.05) is 23.7 Å². The number of aryl methyl sites for hydroxylation is 1. The lowest BCUT2D eigenvalue weighted by Crippen LogP contribution is -2.10. The largest absolute Gasteiger partial charge is 0.437 e. The van der Waals surface area contributed by atoms with Crippen LogP contribution in [0.15, 0.2) is 60.9 Å². The van der Waals surface area contributed by atoms with Crippen molar-refractivity contribution in [2.24, 2.45) is 5.73 Å². The number of aliphatic hydroxyl groups is 1. The first-order valence-electron chi connectivity index (χ1n) is 9.73. The molecule has 0 aliphatic carbocycles. The number of hydrogen-bond acceptors (Lipinski definition) is 7. The van der Waals surface area contributed by atoms with Crippen LogP contribution in [0.4, 0.5) is 0 Å². The molecule has 0 spiro atoms. The summed E-state index contributed by atoms with van der Waals surface area (Å²) in [4.78, 5) is 8.85. The molecule has 3 N–H and O–H groups in total. The van der Waals surface area contributed by atoms with Crippen LogP contribution < -0.4 is 10.5 Å². The maximum Gasteiger partial charge on any atom is 0.223 e. The van der Waals surface area contributed by atoms with E-state index in [1.165, 1.54) is 6.20 Å². The highest BCUT2D eigenvalue weighted by Crippen LogP contribution is 2.31. The van der Waals surface area contributed by atoms with E-state index in [2.05, 4.69) is 21.1 Å². The standard InChI is InChI=1S/C23H19ClN6O2/c1-14-28-19(16-3-2-4-18(24)8-16)9-23(29-14)32-22-7-15(10-25)5-6-20(22)30-13-17(12-27-30)21(31)11-26/h2-9,12-13,21,31H,11,26H2,1H3. The molecule has 0 saturated carbocycles. The highest BCUT2D eigenvalue weighted by Gasteiger charge is 2.15. The van der Waals surface area contributed by atoms with Crippen LogP contribution in [0, 0.1) is 18.3 Å². The summed E-state index contributed by atoms with van der Waals surface area (Å²) in [7, 11) is 0. The number of halogens is 1. The van der Waals surface area contributed by atoms with Crippen LogP contribution in [-0.4, -0.2) is 31.4 Å². The van der Waals surface area contributed by atoms with Crippen LogP contribution in [0.25, 0.3) is 16.9 Å². The molecule has 0 radical (unpaired) electrons. The van der Waals surface area contributed by atoms with Gasteiger partial charge in [-0.05, 0) is 31.2 Å². The lowest BCUT2D eigenvalue weighted by molar-refractivity contribution is 0.186. The van der Waals surface area contributed by atoms with Crippen molar-refractivity contribution in [3.63, 3.8) is 0 Å². The summed E-state index contributed by atoms with van der Waals surface area (Å²) >= 11 is 6.12. The molecule has 160 valence electrons. The van der Waals surface area contributed by atoms with Crippen molar-refractivity contribution >= 4 is 11.6 Å². The number of ether oxygens (including phenoxy) is 1. The van der Waals surface area contributed by atoms with E-state index in [1.54, 1.807) is 48.1 Å². The van der Waals surface area contributed by atoms with Crippen LogP contribution in [0.1, 0.15) is 23.1 Å². The van der Waals surface area contributed by atoms with E-state index >= 15 is 0 Å². The number of nitrogens with zero attached hydrogens (tertiary/aromatic N) is 5. The van der Waals surface area contributed by atoms with Crippen LogP contribution in [0.2, 0.25) is 5.02 Å². The summed E-state index contributed by atoms with van der Waals surface area (Å²) in [6.45, 7) is 1.84. The van der Waals surface area contributed by atoms with Crippen molar-refractivity contribution in [1.82, 2.24) is 19.7 Å². The molecule has 4 rings (SSSR count). The third-order valence-electron chi connectivity index (χ3n) is 4.70. The minimum atomic E-state index is -0.823. The first-order valence-corrected chi connectivity index (χ1v) is 10.1. The van der Waals surface area contributed by atoms with Gasteiger partial charge >= 0.3 is 0 Å². The fourth-order valence-electron chi connectivity index (χ4n) is 3.13. The van der Waals surface area contributed by atoms with Crippen LogP contribution >= 0.6 is 11.6 Å². The van der Waals surface area contributed by atoms with Gasteiger partial charge in [-0.25, -0.2) is 9.67 Å². The van der Waals surface area contributed by atoms with Gasteiger partial charge in [0.05, 0.1) is 29.6 Å². The Hall–Kier alpha value is -3.77. The Morgan fingerprint density at radius 2 is 2.06 bits per heavy atom. The Balaban J connectivity index is 1.74. The van der Waals surface area contributed by atoms with Crippen molar-refractivity contribution < 1.29 is 9.84 Å². The van der Waals surface area contributed by atoms with E-state index in [0.717, 1.165) is 5.56 Å². The SMILES string of the molecule is Cc1nc(Oc2cc(C#N)ccc2-n2cc(C(O)CN)cn2)cc(-c2cccc(Cl)c2)n1. The summed E-state index contributed by atoms with van der Waals surface area (Å²) in [5.74, 6) is 1.19. The third kappa shape index (κ3) is 4.60. The molecule has 32 heavy (non-hydrogen) atoms. The molecule has 2 aromatic carbocycles. The van der Waals surface area contributed by atoms with Gasteiger partial charge < -0.3 is 15.6 Å². The van der Waals surface area contributed by atoms with Gasteiger partial charge in [0.15, 0.2) is 5.75 Å². The quantitative estimate of drug-likeness (QED) is 0.459. The molecule has 4 aromatic rings. The maximum atomic E-state index is 9.99. The smallest absolute Gasteiger partial charge is 0.223 e. The average molecular weight is 447 g/mol. The first kappa shape index (κ1) is 21.5. The van der Waals surface area contributed by atoms with Gasteiger partial charge in [0.25, 0.3) is 0 Å². The molecule has 1 unspecified atom stereocenters. The van der Waals surface area contributed by atoms with Gasteiger partial charge in [0.1, 0.15) is 11.5 Å². The molecule has 0 saturated heterocycles. The fourth-order valence-corrected chi connectivity index (χ4v) is 3.32. The second-order valence-corrected chi connectivity index (χ2v) is 7.45. The highest BCUT2D eigenvalue weighted by molar-refractivity contribution is 6.30. The summed E-state index contributed by atoms with van der Waals surface area (Å²) in [6.07, 6.45) is 2.37. The molecule has 8 nitrogen and oxygen atoms in total. The number of nitriles is 1.